The molecule has 0 aliphatic carbocycles. The van der Waals surface area contributed by atoms with E-state index in [0.717, 1.165) is 6.54 Å². The highest BCUT2D eigenvalue weighted by atomic mass is 16.5. The monoisotopic (exact) mass is 306 g/mol. The van der Waals surface area contributed by atoms with Crippen LogP contribution in [0.2, 0.25) is 0 Å². The SMILES string of the molecule is CCNC(=NCc1ccccc1C)NCC(=O)NCCOC. The molecule has 22 heavy (non-hydrogen) atoms. The Morgan fingerprint density at radius 1 is 1.23 bits per heavy atom. The molecule has 0 saturated carbocycles. The van der Waals surface area contributed by atoms with Gasteiger partial charge in [-0.1, -0.05) is 24.3 Å². The van der Waals surface area contributed by atoms with Crippen LogP contribution < -0.4 is 16.0 Å². The van der Waals surface area contributed by atoms with E-state index < -0.39 is 0 Å². The number of ether oxygens (including phenoxy) is 1. The minimum Gasteiger partial charge on any atom is -0.383 e. The summed E-state index contributed by atoms with van der Waals surface area (Å²) in [5.41, 5.74) is 2.38. The topological polar surface area (TPSA) is 74.8 Å². The molecule has 0 radical (unpaired) electrons. The largest absolute Gasteiger partial charge is 0.383 e. The van der Waals surface area contributed by atoms with Crippen molar-refractivity contribution in [3.8, 4) is 0 Å². The van der Waals surface area contributed by atoms with Crippen LogP contribution in [-0.2, 0) is 16.1 Å². The number of aliphatic imine (C=N–C) groups is 1. The third-order valence-corrected chi connectivity index (χ3v) is 3.06. The Bertz CT molecular complexity index is 489. The van der Waals surface area contributed by atoms with Gasteiger partial charge in [-0.15, -0.1) is 0 Å². The second-order valence-corrected chi connectivity index (χ2v) is 4.82. The van der Waals surface area contributed by atoms with Crippen molar-refractivity contribution >= 4 is 11.9 Å². The first-order valence-electron chi connectivity index (χ1n) is 7.49. The number of aryl methyl sites for hydroxylation is 1. The molecule has 0 spiro atoms. The molecule has 1 aromatic rings. The summed E-state index contributed by atoms with van der Waals surface area (Å²) in [6.45, 7) is 6.57. The van der Waals surface area contributed by atoms with Crippen molar-refractivity contribution in [1.29, 1.82) is 0 Å². The molecule has 0 aliphatic rings. The van der Waals surface area contributed by atoms with Gasteiger partial charge >= 0.3 is 0 Å². The van der Waals surface area contributed by atoms with E-state index in [1.54, 1.807) is 7.11 Å². The average Bonchev–Trinajstić information content (AvgIpc) is 2.51. The molecule has 0 unspecified atom stereocenters. The van der Waals surface area contributed by atoms with Gasteiger partial charge in [0.05, 0.1) is 19.7 Å². The lowest BCUT2D eigenvalue weighted by molar-refractivity contribution is -0.120. The van der Waals surface area contributed by atoms with Gasteiger partial charge in [0.15, 0.2) is 5.96 Å². The van der Waals surface area contributed by atoms with Crippen LogP contribution in [0.3, 0.4) is 0 Å². The van der Waals surface area contributed by atoms with Crippen molar-refractivity contribution in [2.75, 3.05) is 33.4 Å². The first-order valence-corrected chi connectivity index (χ1v) is 7.49. The molecule has 6 nitrogen and oxygen atoms in total. The van der Waals surface area contributed by atoms with Crippen molar-refractivity contribution < 1.29 is 9.53 Å². The molecular weight excluding hydrogens is 280 g/mol. The van der Waals surface area contributed by atoms with Gasteiger partial charge in [0.25, 0.3) is 0 Å². The van der Waals surface area contributed by atoms with Crippen molar-refractivity contribution in [2.45, 2.75) is 20.4 Å². The van der Waals surface area contributed by atoms with Gasteiger partial charge in [-0.3, -0.25) is 4.79 Å². The molecule has 3 N–H and O–H groups in total. The van der Waals surface area contributed by atoms with Crippen LogP contribution >= 0.6 is 0 Å². The van der Waals surface area contributed by atoms with E-state index in [9.17, 15) is 4.79 Å². The minimum absolute atomic E-state index is 0.0847. The van der Waals surface area contributed by atoms with Crippen LogP contribution in [0.1, 0.15) is 18.1 Å². The normalized spacial score (nSPS) is 11.1. The van der Waals surface area contributed by atoms with Gasteiger partial charge < -0.3 is 20.7 Å². The molecule has 0 heterocycles. The number of hydrogen-bond acceptors (Lipinski definition) is 3. The lowest BCUT2D eigenvalue weighted by Crippen LogP contribution is -2.43. The zero-order chi connectivity index (χ0) is 16.2. The van der Waals surface area contributed by atoms with Crippen molar-refractivity contribution in [3.63, 3.8) is 0 Å². The molecule has 1 rings (SSSR count). The number of hydrogen-bond donors (Lipinski definition) is 3. The predicted molar refractivity (Wildman–Crippen MR) is 88.9 cm³/mol. The summed E-state index contributed by atoms with van der Waals surface area (Å²) in [6.07, 6.45) is 0. The van der Waals surface area contributed by atoms with Gasteiger partial charge in [-0.05, 0) is 25.0 Å². The van der Waals surface area contributed by atoms with Crippen LogP contribution in [0.5, 0.6) is 0 Å². The number of guanidine groups is 1. The maximum Gasteiger partial charge on any atom is 0.239 e. The van der Waals surface area contributed by atoms with Crippen LogP contribution in [-0.4, -0.2) is 45.2 Å². The highest BCUT2D eigenvalue weighted by molar-refractivity contribution is 5.86. The number of carbonyl (C=O) groups is 1. The molecule has 122 valence electrons. The van der Waals surface area contributed by atoms with Gasteiger partial charge in [-0.25, -0.2) is 4.99 Å². The summed E-state index contributed by atoms with van der Waals surface area (Å²) in [5, 5.41) is 8.91. The van der Waals surface area contributed by atoms with Crippen LogP contribution in [0.4, 0.5) is 0 Å². The average molecular weight is 306 g/mol. The van der Waals surface area contributed by atoms with Gasteiger partial charge in [0, 0.05) is 20.2 Å². The Labute approximate surface area is 132 Å². The molecule has 0 bridgehead atoms. The Morgan fingerprint density at radius 3 is 2.68 bits per heavy atom. The fraction of sp³-hybridized carbons (Fsp3) is 0.500. The second kappa shape index (κ2) is 10.6. The number of rotatable bonds is 8. The fourth-order valence-electron chi connectivity index (χ4n) is 1.81. The predicted octanol–water partition coefficient (Wildman–Crippen LogP) is 0.813. The second-order valence-electron chi connectivity index (χ2n) is 4.82. The van der Waals surface area contributed by atoms with Crippen LogP contribution in [0.25, 0.3) is 0 Å². The summed E-state index contributed by atoms with van der Waals surface area (Å²) in [6, 6.07) is 8.13. The first kappa shape index (κ1) is 18.0. The quantitative estimate of drug-likeness (QED) is 0.377. The minimum atomic E-state index is -0.0847. The third-order valence-electron chi connectivity index (χ3n) is 3.06. The van der Waals surface area contributed by atoms with Gasteiger partial charge in [-0.2, -0.15) is 0 Å². The van der Waals surface area contributed by atoms with E-state index in [1.165, 1.54) is 11.1 Å². The maximum absolute atomic E-state index is 11.6. The molecule has 0 aromatic heterocycles. The fourth-order valence-corrected chi connectivity index (χ4v) is 1.81. The Kier molecular flexibility index (Phi) is 8.67. The molecule has 1 aromatic carbocycles. The van der Waals surface area contributed by atoms with E-state index >= 15 is 0 Å². The van der Waals surface area contributed by atoms with Crippen LogP contribution in [0, 0.1) is 6.92 Å². The lowest BCUT2D eigenvalue weighted by Gasteiger charge is -2.12. The van der Waals surface area contributed by atoms with E-state index in [0.29, 0.717) is 25.7 Å². The van der Waals surface area contributed by atoms with Gasteiger partial charge in [0.2, 0.25) is 5.91 Å². The van der Waals surface area contributed by atoms with E-state index in [1.807, 2.05) is 19.1 Å². The molecule has 1 amide bonds. The van der Waals surface area contributed by atoms with E-state index in [2.05, 4.69) is 40.0 Å². The van der Waals surface area contributed by atoms with Crippen molar-refractivity contribution in [1.82, 2.24) is 16.0 Å². The Hall–Kier alpha value is -2.08. The van der Waals surface area contributed by atoms with Crippen molar-refractivity contribution in [3.05, 3.63) is 35.4 Å². The van der Waals surface area contributed by atoms with Crippen LogP contribution in [0.15, 0.2) is 29.3 Å². The number of nitrogens with zero attached hydrogens (tertiary/aromatic N) is 1. The standard InChI is InChI=1S/C16H26N4O2/c1-4-17-16(20-12-15(21)18-9-10-22-3)19-11-14-8-6-5-7-13(14)2/h5-8H,4,9-12H2,1-3H3,(H,18,21)(H2,17,19,20). The Morgan fingerprint density at radius 2 is 2.00 bits per heavy atom. The zero-order valence-electron chi connectivity index (χ0n) is 13.6. The number of benzene rings is 1. The number of methoxy groups -OCH3 is 1. The Balaban J connectivity index is 2.48. The summed E-state index contributed by atoms with van der Waals surface area (Å²) >= 11 is 0. The third kappa shape index (κ3) is 7.08. The molecule has 0 fully saturated rings. The highest BCUT2D eigenvalue weighted by Crippen LogP contribution is 2.07. The van der Waals surface area contributed by atoms with Gasteiger partial charge in [0.1, 0.15) is 0 Å². The molecule has 6 heteroatoms. The number of nitrogens with one attached hydrogen (secondary N) is 3. The smallest absolute Gasteiger partial charge is 0.239 e. The summed E-state index contributed by atoms with van der Waals surface area (Å²) in [5.74, 6) is 0.547. The highest BCUT2D eigenvalue weighted by Gasteiger charge is 2.03. The van der Waals surface area contributed by atoms with E-state index in [4.69, 9.17) is 4.74 Å². The summed E-state index contributed by atoms with van der Waals surface area (Å²) < 4.78 is 4.88. The summed E-state index contributed by atoms with van der Waals surface area (Å²) in [7, 11) is 1.60. The van der Waals surface area contributed by atoms with E-state index in [-0.39, 0.29) is 12.5 Å². The molecule has 0 saturated heterocycles. The molecule has 0 atom stereocenters. The van der Waals surface area contributed by atoms with Crippen molar-refractivity contribution in [2.24, 2.45) is 4.99 Å². The first-order chi connectivity index (χ1) is 10.7. The zero-order valence-corrected chi connectivity index (χ0v) is 13.6. The molecule has 0 aliphatic heterocycles. The summed E-state index contributed by atoms with van der Waals surface area (Å²) in [4.78, 5) is 16.1. The number of carbonyl (C=O) groups excluding carboxylic acids is 1. The maximum atomic E-state index is 11.6. The molecular formula is C16H26N4O2. The lowest BCUT2D eigenvalue weighted by atomic mass is 10.1. The number of amides is 1.